The van der Waals surface area contributed by atoms with Gasteiger partial charge in [0, 0.05) is 36.5 Å². The Kier molecular flexibility index (Phi) is 5.91. The summed E-state index contributed by atoms with van der Waals surface area (Å²) in [6.07, 6.45) is 6.61. The second-order valence-electron chi connectivity index (χ2n) is 12.3. The molecule has 0 spiro atoms. The number of thiophene rings is 1. The maximum absolute atomic E-state index is 6.46. The van der Waals surface area contributed by atoms with Crippen molar-refractivity contribution in [3.8, 4) is 11.1 Å². The number of furan rings is 1. The van der Waals surface area contributed by atoms with Crippen LogP contribution in [0.15, 0.2) is 144 Å². The number of hydrogen-bond acceptors (Lipinski definition) is 3. The monoisotopic (exact) mass is 619 g/mol. The van der Waals surface area contributed by atoms with Crippen molar-refractivity contribution in [2.24, 2.45) is 0 Å². The van der Waals surface area contributed by atoms with Crippen LogP contribution >= 0.6 is 11.3 Å². The molecule has 0 amide bonds. The first-order valence-electron chi connectivity index (χ1n) is 16.2. The standard InChI is InChI=1S/C44H29NOS/c1-2-13-31-28(11-1)12-9-18-32(31)29-23-25-30(26-24-29)45(37-19-10-21-40-44(37)35-16-5-7-20-39(35)46-40)38-27-42-43(34-15-4-3-14-33(34)38)36-17-6-8-22-41(36)47-42/h1-4,6,8-27H,5,7H2. The summed E-state index contributed by atoms with van der Waals surface area (Å²) >= 11 is 1.87. The molecule has 0 aliphatic heterocycles. The van der Waals surface area contributed by atoms with Crippen molar-refractivity contribution in [3.05, 3.63) is 150 Å². The second-order valence-corrected chi connectivity index (χ2v) is 13.4. The van der Waals surface area contributed by atoms with Gasteiger partial charge >= 0.3 is 0 Å². The fourth-order valence-corrected chi connectivity index (χ4v) is 8.74. The molecule has 2 heterocycles. The van der Waals surface area contributed by atoms with Crippen LogP contribution in [0.5, 0.6) is 0 Å². The Morgan fingerprint density at radius 1 is 0.532 bits per heavy atom. The molecule has 2 nitrogen and oxygen atoms in total. The van der Waals surface area contributed by atoms with E-state index in [0.717, 1.165) is 40.6 Å². The van der Waals surface area contributed by atoms with E-state index in [4.69, 9.17) is 4.42 Å². The summed E-state index contributed by atoms with van der Waals surface area (Å²) in [5, 5.41) is 10.0. The number of anilines is 3. The van der Waals surface area contributed by atoms with Crippen LogP contribution in [0.4, 0.5) is 17.1 Å². The summed E-state index contributed by atoms with van der Waals surface area (Å²) in [6, 6.07) is 50.9. The zero-order valence-corrected chi connectivity index (χ0v) is 26.4. The maximum atomic E-state index is 6.46. The summed E-state index contributed by atoms with van der Waals surface area (Å²) < 4.78 is 9.06. The van der Waals surface area contributed by atoms with Crippen molar-refractivity contribution in [2.45, 2.75) is 12.8 Å². The molecule has 0 fully saturated rings. The fraction of sp³-hybridized carbons (Fsp3) is 0.0455. The average Bonchev–Trinajstić information content (AvgIpc) is 3.71. The van der Waals surface area contributed by atoms with E-state index >= 15 is 0 Å². The molecule has 0 unspecified atom stereocenters. The van der Waals surface area contributed by atoms with Gasteiger partial charge in [0.05, 0.1) is 16.8 Å². The van der Waals surface area contributed by atoms with Crippen molar-refractivity contribution in [1.29, 1.82) is 0 Å². The number of benzene rings is 7. The van der Waals surface area contributed by atoms with Crippen molar-refractivity contribution in [1.82, 2.24) is 0 Å². The third kappa shape index (κ3) is 4.10. The van der Waals surface area contributed by atoms with Gasteiger partial charge in [-0.05, 0) is 82.6 Å². The lowest BCUT2D eigenvalue weighted by molar-refractivity contribution is 0.572. The lowest BCUT2D eigenvalue weighted by atomic mass is 9.97. The quantitative estimate of drug-likeness (QED) is 0.195. The Balaban J connectivity index is 1.27. The van der Waals surface area contributed by atoms with Crippen LogP contribution in [0.1, 0.15) is 12.8 Å². The van der Waals surface area contributed by atoms with Gasteiger partial charge in [0.1, 0.15) is 11.0 Å². The first kappa shape index (κ1) is 26.6. The highest BCUT2D eigenvalue weighted by atomic mass is 32.1. The minimum atomic E-state index is 0.923. The van der Waals surface area contributed by atoms with Crippen molar-refractivity contribution >= 4 is 93.2 Å². The van der Waals surface area contributed by atoms with E-state index in [1.54, 1.807) is 0 Å². The number of rotatable bonds is 4. The molecule has 9 aromatic rings. The van der Waals surface area contributed by atoms with Crippen LogP contribution in [-0.4, -0.2) is 0 Å². The first-order chi connectivity index (χ1) is 23.3. The third-order valence-corrected chi connectivity index (χ3v) is 10.8. The average molecular weight is 620 g/mol. The lowest BCUT2D eigenvalue weighted by Gasteiger charge is -2.28. The minimum Gasteiger partial charge on any atom is -0.456 e. The number of nitrogens with zero attached hydrogens (tertiary/aromatic N) is 1. The molecule has 7 aromatic carbocycles. The fourth-order valence-electron chi connectivity index (χ4n) is 7.59. The molecule has 47 heavy (non-hydrogen) atoms. The molecule has 0 saturated heterocycles. The second kappa shape index (κ2) is 10.4. The zero-order chi connectivity index (χ0) is 30.9. The van der Waals surface area contributed by atoms with Crippen LogP contribution in [0, 0.1) is 0 Å². The highest BCUT2D eigenvalue weighted by Crippen LogP contribution is 2.47. The molecule has 2 aromatic heterocycles. The van der Waals surface area contributed by atoms with Crippen molar-refractivity contribution in [2.75, 3.05) is 4.90 Å². The Morgan fingerprint density at radius 3 is 2.15 bits per heavy atom. The number of hydrogen-bond donors (Lipinski definition) is 0. The summed E-state index contributed by atoms with van der Waals surface area (Å²) in [5.74, 6) is 0. The third-order valence-electron chi connectivity index (χ3n) is 9.67. The molecule has 0 N–H and O–H groups in total. The van der Waals surface area contributed by atoms with Gasteiger partial charge in [0.2, 0.25) is 0 Å². The van der Waals surface area contributed by atoms with Gasteiger partial charge in [-0.15, -0.1) is 11.3 Å². The van der Waals surface area contributed by atoms with Crippen LogP contribution in [0.3, 0.4) is 0 Å². The van der Waals surface area contributed by atoms with E-state index in [2.05, 4.69) is 157 Å². The molecule has 0 bridgehead atoms. The molecule has 0 atom stereocenters. The Morgan fingerprint density at radius 2 is 1.26 bits per heavy atom. The Hall–Kier alpha value is -5.64. The van der Waals surface area contributed by atoms with E-state index in [1.807, 2.05) is 11.3 Å². The summed E-state index contributed by atoms with van der Waals surface area (Å²) in [6.45, 7) is 0. The van der Waals surface area contributed by atoms with Gasteiger partial charge in [-0.1, -0.05) is 109 Å². The SMILES string of the molecule is C1=c2oc3cccc(N(c4ccc(-c5cccc6ccccc56)cc4)c4cc5sc6ccccc6c5c5ccccc45)c3c2=CCC1. The summed E-state index contributed by atoms with van der Waals surface area (Å²) in [7, 11) is 0. The normalized spacial score (nSPS) is 12.9. The summed E-state index contributed by atoms with van der Waals surface area (Å²) in [5.41, 5.74) is 7.76. The van der Waals surface area contributed by atoms with Gasteiger partial charge in [0.25, 0.3) is 0 Å². The molecular weight excluding hydrogens is 591 g/mol. The molecule has 1 aliphatic rings. The van der Waals surface area contributed by atoms with Gasteiger partial charge in [-0.2, -0.15) is 0 Å². The smallest absolute Gasteiger partial charge is 0.137 e. The van der Waals surface area contributed by atoms with E-state index in [9.17, 15) is 0 Å². The zero-order valence-electron chi connectivity index (χ0n) is 25.6. The van der Waals surface area contributed by atoms with Crippen molar-refractivity contribution < 1.29 is 4.42 Å². The predicted octanol–water partition coefficient (Wildman–Crippen LogP) is 11.6. The largest absolute Gasteiger partial charge is 0.456 e. The molecular formula is C44H29NOS. The summed E-state index contributed by atoms with van der Waals surface area (Å²) in [4.78, 5) is 2.46. The predicted molar refractivity (Wildman–Crippen MR) is 202 cm³/mol. The minimum absolute atomic E-state index is 0.923. The topological polar surface area (TPSA) is 16.4 Å². The highest BCUT2D eigenvalue weighted by molar-refractivity contribution is 7.26. The van der Waals surface area contributed by atoms with Gasteiger partial charge < -0.3 is 9.32 Å². The van der Waals surface area contributed by atoms with Crippen LogP contribution in [0.2, 0.25) is 0 Å². The van der Waals surface area contributed by atoms with E-state index in [-0.39, 0.29) is 0 Å². The van der Waals surface area contributed by atoms with E-state index < -0.39 is 0 Å². The maximum Gasteiger partial charge on any atom is 0.137 e. The molecule has 0 radical (unpaired) electrons. The Labute approximate surface area is 275 Å². The van der Waals surface area contributed by atoms with Crippen LogP contribution < -0.4 is 15.5 Å². The lowest BCUT2D eigenvalue weighted by Crippen LogP contribution is -2.23. The van der Waals surface area contributed by atoms with E-state index in [1.165, 1.54) is 63.8 Å². The van der Waals surface area contributed by atoms with E-state index in [0.29, 0.717) is 0 Å². The van der Waals surface area contributed by atoms with Crippen LogP contribution in [-0.2, 0) is 0 Å². The van der Waals surface area contributed by atoms with Gasteiger partial charge in [-0.25, -0.2) is 0 Å². The number of fused-ring (bicyclic) bond motifs is 9. The molecule has 222 valence electrons. The Bertz CT molecular complexity index is 2800. The molecule has 0 saturated carbocycles. The molecule has 3 heteroatoms. The van der Waals surface area contributed by atoms with Crippen LogP contribution in [0.25, 0.3) is 76.0 Å². The molecule has 10 rings (SSSR count). The van der Waals surface area contributed by atoms with Crippen molar-refractivity contribution in [3.63, 3.8) is 0 Å². The first-order valence-corrected chi connectivity index (χ1v) is 17.1. The molecule has 1 aliphatic carbocycles. The highest BCUT2D eigenvalue weighted by Gasteiger charge is 2.23. The van der Waals surface area contributed by atoms with Gasteiger partial charge in [-0.3, -0.25) is 0 Å². The van der Waals surface area contributed by atoms with Gasteiger partial charge in [0.15, 0.2) is 0 Å².